The second-order valence-corrected chi connectivity index (χ2v) is 6.10. The van der Waals surface area contributed by atoms with E-state index in [0.29, 0.717) is 12.8 Å². The minimum absolute atomic E-state index is 0.134. The maximum absolute atomic E-state index is 11.9. The van der Waals surface area contributed by atoms with E-state index >= 15 is 0 Å². The standard InChI is InChI=1S/C14H26N2O3/c1-3-13(2,12(18)19)10-16-11(17)9-14(15)7-5-4-6-8-14/h3-10,15H2,1-2H3,(H,16,17)(H,18,19). The fourth-order valence-electron chi connectivity index (χ4n) is 2.46. The molecule has 0 aromatic heterocycles. The van der Waals surface area contributed by atoms with Gasteiger partial charge in [0, 0.05) is 18.5 Å². The summed E-state index contributed by atoms with van der Waals surface area (Å²) in [4.78, 5) is 23.1. The van der Waals surface area contributed by atoms with E-state index in [0.717, 1.165) is 25.7 Å². The van der Waals surface area contributed by atoms with Crippen molar-refractivity contribution in [2.45, 2.75) is 64.3 Å². The summed E-state index contributed by atoms with van der Waals surface area (Å²) in [5.41, 5.74) is 4.92. The zero-order chi connectivity index (χ0) is 14.5. The quantitative estimate of drug-likeness (QED) is 0.684. The average Bonchev–Trinajstić information content (AvgIpc) is 2.36. The Balaban J connectivity index is 2.45. The highest BCUT2D eigenvalue weighted by atomic mass is 16.4. The molecule has 1 amide bonds. The zero-order valence-electron chi connectivity index (χ0n) is 12.0. The maximum atomic E-state index is 11.9. The third kappa shape index (κ3) is 4.49. The van der Waals surface area contributed by atoms with Crippen molar-refractivity contribution in [3.05, 3.63) is 0 Å². The van der Waals surface area contributed by atoms with E-state index in [2.05, 4.69) is 5.32 Å². The number of carboxylic acids is 1. The van der Waals surface area contributed by atoms with E-state index < -0.39 is 16.9 Å². The molecule has 0 radical (unpaired) electrons. The molecule has 0 bridgehead atoms. The molecule has 1 saturated carbocycles. The van der Waals surface area contributed by atoms with Gasteiger partial charge >= 0.3 is 5.97 Å². The van der Waals surface area contributed by atoms with Gasteiger partial charge in [0.1, 0.15) is 0 Å². The second kappa shape index (κ2) is 6.37. The Morgan fingerprint density at radius 2 is 1.89 bits per heavy atom. The minimum Gasteiger partial charge on any atom is -0.481 e. The van der Waals surface area contributed by atoms with Crippen LogP contribution >= 0.6 is 0 Å². The van der Waals surface area contributed by atoms with Crippen LogP contribution in [0.3, 0.4) is 0 Å². The molecule has 5 nitrogen and oxygen atoms in total. The topological polar surface area (TPSA) is 92.4 Å². The van der Waals surface area contributed by atoms with Gasteiger partial charge in [0.15, 0.2) is 0 Å². The molecule has 5 heteroatoms. The lowest BCUT2D eigenvalue weighted by Crippen LogP contribution is -2.48. The highest BCUT2D eigenvalue weighted by Crippen LogP contribution is 2.28. The first-order valence-electron chi connectivity index (χ1n) is 7.10. The molecule has 0 saturated heterocycles. The van der Waals surface area contributed by atoms with Crippen LogP contribution in [0, 0.1) is 5.41 Å². The smallest absolute Gasteiger partial charge is 0.311 e. The molecule has 1 atom stereocenters. The molecular weight excluding hydrogens is 244 g/mol. The number of amides is 1. The second-order valence-electron chi connectivity index (χ2n) is 6.10. The predicted molar refractivity (Wildman–Crippen MR) is 73.7 cm³/mol. The first-order chi connectivity index (χ1) is 8.81. The molecule has 1 rings (SSSR count). The first-order valence-corrected chi connectivity index (χ1v) is 7.10. The van der Waals surface area contributed by atoms with Gasteiger partial charge in [0.2, 0.25) is 5.91 Å². The molecule has 19 heavy (non-hydrogen) atoms. The van der Waals surface area contributed by atoms with Gasteiger partial charge in [-0.1, -0.05) is 26.2 Å². The Bertz CT molecular complexity index is 338. The molecule has 1 fully saturated rings. The first kappa shape index (κ1) is 16.0. The number of hydrogen-bond donors (Lipinski definition) is 3. The number of carbonyl (C=O) groups excluding carboxylic acids is 1. The summed E-state index contributed by atoms with van der Waals surface area (Å²) in [7, 11) is 0. The molecule has 4 N–H and O–H groups in total. The van der Waals surface area contributed by atoms with Crippen LogP contribution in [0.2, 0.25) is 0 Å². The third-order valence-corrected chi connectivity index (χ3v) is 4.33. The van der Waals surface area contributed by atoms with E-state index in [-0.39, 0.29) is 12.5 Å². The van der Waals surface area contributed by atoms with E-state index in [1.807, 2.05) is 6.92 Å². The molecule has 0 heterocycles. The van der Waals surface area contributed by atoms with E-state index in [1.165, 1.54) is 6.42 Å². The number of rotatable bonds is 6. The average molecular weight is 270 g/mol. The maximum Gasteiger partial charge on any atom is 0.311 e. The number of hydrogen-bond acceptors (Lipinski definition) is 3. The summed E-state index contributed by atoms with van der Waals surface area (Å²) in [5, 5.41) is 11.9. The fraction of sp³-hybridized carbons (Fsp3) is 0.857. The van der Waals surface area contributed by atoms with Gasteiger partial charge in [0.05, 0.1) is 5.41 Å². The van der Waals surface area contributed by atoms with E-state index in [9.17, 15) is 9.59 Å². The Labute approximate surface area is 114 Å². The van der Waals surface area contributed by atoms with Crippen LogP contribution in [0.5, 0.6) is 0 Å². The molecule has 0 spiro atoms. The summed E-state index contributed by atoms with van der Waals surface area (Å²) in [6.07, 6.45) is 5.88. The predicted octanol–water partition coefficient (Wildman–Crippen LogP) is 1.66. The van der Waals surface area contributed by atoms with Crippen molar-refractivity contribution in [2.24, 2.45) is 11.1 Å². The summed E-state index contributed by atoms with van der Waals surface area (Å²) in [6, 6.07) is 0. The summed E-state index contributed by atoms with van der Waals surface area (Å²) in [6.45, 7) is 3.62. The van der Waals surface area contributed by atoms with Gasteiger partial charge in [0.25, 0.3) is 0 Å². The lowest BCUT2D eigenvalue weighted by atomic mass is 9.80. The number of carboxylic acid groups (broad SMARTS) is 1. The van der Waals surface area contributed by atoms with E-state index in [1.54, 1.807) is 6.92 Å². The van der Waals surface area contributed by atoms with Crippen LogP contribution in [0.15, 0.2) is 0 Å². The van der Waals surface area contributed by atoms with Crippen LogP contribution in [-0.4, -0.2) is 29.1 Å². The van der Waals surface area contributed by atoms with Crippen LogP contribution in [0.1, 0.15) is 58.8 Å². The largest absolute Gasteiger partial charge is 0.481 e. The van der Waals surface area contributed by atoms with Crippen molar-refractivity contribution >= 4 is 11.9 Å². The monoisotopic (exact) mass is 270 g/mol. The zero-order valence-corrected chi connectivity index (χ0v) is 12.0. The lowest BCUT2D eigenvalue weighted by Gasteiger charge is -2.33. The molecule has 0 aliphatic heterocycles. The fourth-order valence-corrected chi connectivity index (χ4v) is 2.46. The number of aliphatic carboxylic acids is 1. The number of carbonyl (C=O) groups is 2. The summed E-state index contributed by atoms with van der Waals surface area (Å²) >= 11 is 0. The molecule has 0 aromatic carbocycles. The van der Waals surface area contributed by atoms with Gasteiger partial charge in [-0.3, -0.25) is 9.59 Å². The SMILES string of the molecule is CCC(C)(CNC(=O)CC1(N)CCCCC1)C(=O)O. The van der Waals surface area contributed by atoms with Gasteiger partial charge in [-0.2, -0.15) is 0 Å². The van der Waals surface area contributed by atoms with Gasteiger partial charge < -0.3 is 16.2 Å². The minimum atomic E-state index is -0.899. The van der Waals surface area contributed by atoms with Crippen molar-refractivity contribution < 1.29 is 14.7 Å². The van der Waals surface area contributed by atoms with Gasteiger partial charge in [-0.15, -0.1) is 0 Å². The normalized spacial score (nSPS) is 21.4. The van der Waals surface area contributed by atoms with Crippen molar-refractivity contribution in [1.82, 2.24) is 5.32 Å². The van der Waals surface area contributed by atoms with Crippen LogP contribution in [-0.2, 0) is 9.59 Å². The molecule has 1 aliphatic carbocycles. The summed E-state index contributed by atoms with van der Waals surface area (Å²) < 4.78 is 0. The number of nitrogens with one attached hydrogen (secondary N) is 1. The summed E-state index contributed by atoms with van der Waals surface area (Å²) in [5.74, 6) is -1.01. The number of nitrogens with two attached hydrogens (primary N) is 1. The lowest BCUT2D eigenvalue weighted by molar-refractivity contribution is -0.148. The van der Waals surface area contributed by atoms with Crippen LogP contribution < -0.4 is 11.1 Å². The van der Waals surface area contributed by atoms with Gasteiger partial charge in [-0.05, 0) is 26.2 Å². The van der Waals surface area contributed by atoms with Crippen molar-refractivity contribution in [1.29, 1.82) is 0 Å². The van der Waals surface area contributed by atoms with E-state index in [4.69, 9.17) is 10.8 Å². The van der Waals surface area contributed by atoms with Crippen molar-refractivity contribution in [3.8, 4) is 0 Å². The van der Waals surface area contributed by atoms with Crippen LogP contribution in [0.4, 0.5) is 0 Å². The highest BCUT2D eigenvalue weighted by molar-refractivity contribution is 5.79. The Morgan fingerprint density at radius 1 is 1.32 bits per heavy atom. The molecule has 1 unspecified atom stereocenters. The Morgan fingerprint density at radius 3 is 2.37 bits per heavy atom. The molecular formula is C14H26N2O3. The molecule has 1 aliphatic rings. The Kier molecular flexibility index (Phi) is 5.35. The molecule has 110 valence electrons. The van der Waals surface area contributed by atoms with Crippen LogP contribution in [0.25, 0.3) is 0 Å². The Hall–Kier alpha value is -1.10. The molecule has 0 aromatic rings. The highest BCUT2D eigenvalue weighted by Gasteiger charge is 2.33. The third-order valence-electron chi connectivity index (χ3n) is 4.33. The van der Waals surface area contributed by atoms with Gasteiger partial charge in [-0.25, -0.2) is 0 Å². The van der Waals surface area contributed by atoms with Crippen molar-refractivity contribution in [2.75, 3.05) is 6.54 Å². The van der Waals surface area contributed by atoms with Crippen molar-refractivity contribution in [3.63, 3.8) is 0 Å².